The Bertz CT molecular complexity index is 549. The van der Waals surface area contributed by atoms with E-state index in [9.17, 15) is 0 Å². The van der Waals surface area contributed by atoms with Crippen molar-refractivity contribution in [2.24, 2.45) is 0 Å². The molecule has 0 nitrogen and oxygen atoms in total. The SMILES string of the molecule is CC(C)c1cc[c]s1.[c]1ccc(-c2ccccc2)s1. The molecule has 0 aliphatic rings. The predicted molar refractivity (Wildman–Crippen MR) is 85.8 cm³/mol. The summed E-state index contributed by atoms with van der Waals surface area (Å²) in [7, 11) is 0. The van der Waals surface area contributed by atoms with Crippen molar-refractivity contribution in [1.29, 1.82) is 0 Å². The Labute approximate surface area is 123 Å². The average Bonchev–Trinajstić information content (AvgIpc) is 3.14. The van der Waals surface area contributed by atoms with Gasteiger partial charge in [-0.3, -0.25) is 0 Å². The minimum absolute atomic E-state index is 0.672. The molecule has 0 bridgehead atoms. The molecule has 2 heterocycles. The van der Waals surface area contributed by atoms with Crippen LogP contribution in [0.3, 0.4) is 0 Å². The van der Waals surface area contributed by atoms with E-state index >= 15 is 0 Å². The lowest BCUT2D eigenvalue weighted by atomic mass is 10.2. The highest BCUT2D eigenvalue weighted by molar-refractivity contribution is 7.13. The molecule has 0 amide bonds. The Balaban J connectivity index is 0.000000148. The molecule has 2 aromatic heterocycles. The van der Waals surface area contributed by atoms with Gasteiger partial charge in [0.15, 0.2) is 0 Å². The molecule has 19 heavy (non-hydrogen) atoms. The van der Waals surface area contributed by atoms with Gasteiger partial charge in [0, 0.05) is 20.5 Å². The van der Waals surface area contributed by atoms with E-state index in [1.54, 1.807) is 22.7 Å². The number of benzene rings is 1. The van der Waals surface area contributed by atoms with Crippen LogP contribution in [-0.4, -0.2) is 0 Å². The molecule has 0 saturated heterocycles. The molecule has 0 N–H and O–H groups in total. The van der Waals surface area contributed by atoms with Crippen LogP contribution in [0.1, 0.15) is 24.6 Å². The molecule has 0 spiro atoms. The number of rotatable bonds is 2. The highest BCUT2D eigenvalue weighted by Gasteiger charge is 1.96. The zero-order chi connectivity index (χ0) is 13.5. The lowest BCUT2D eigenvalue weighted by Crippen LogP contribution is -1.77. The highest BCUT2D eigenvalue weighted by atomic mass is 32.1. The zero-order valence-corrected chi connectivity index (χ0v) is 12.7. The van der Waals surface area contributed by atoms with Crippen LogP contribution in [0.2, 0.25) is 0 Å². The van der Waals surface area contributed by atoms with E-state index in [-0.39, 0.29) is 0 Å². The van der Waals surface area contributed by atoms with Crippen molar-refractivity contribution in [3.63, 3.8) is 0 Å². The van der Waals surface area contributed by atoms with Crippen LogP contribution in [0.15, 0.2) is 54.6 Å². The molecule has 0 unspecified atom stereocenters. The standard InChI is InChI=1S/C10H7S.C7H9S/c1-2-5-9(6-3-1)10-7-4-8-11-10;1-6(2)7-4-3-5-8-7/h1-7H;3-4,6H,1-2H3. The van der Waals surface area contributed by atoms with Gasteiger partial charge in [-0.2, -0.15) is 0 Å². The third kappa shape index (κ3) is 4.34. The fourth-order valence-corrected chi connectivity index (χ4v) is 2.86. The summed E-state index contributed by atoms with van der Waals surface area (Å²) in [6.07, 6.45) is 0. The Morgan fingerprint density at radius 3 is 2.00 bits per heavy atom. The molecular weight excluding hydrogens is 268 g/mol. The zero-order valence-electron chi connectivity index (χ0n) is 11.1. The summed E-state index contributed by atoms with van der Waals surface area (Å²) < 4.78 is 0. The quantitative estimate of drug-likeness (QED) is 0.550. The summed E-state index contributed by atoms with van der Waals surface area (Å²) in [5.41, 5.74) is 1.28. The van der Waals surface area contributed by atoms with Gasteiger partial charge in [-0.15, -0.1) is 22.7 Å². The van der Waals surface area contributed by atoms with E-state index in [4.69, 9.17) is 0 Å². The van der Waals surface area contributed by atoms with Crippen LogP contribution in [0.5, 0.6) is 0 Å². The maximum Gasteiger partial charge on any atom is 0.0449 e. The van der Waals surface area contributed by atoms with Crippen molar-refractivity contribution >= 4 is 22.7 Å². The molecule has 0 aliphatic carbocycles. The normalized spacial score (nSPS) is 10.1. The van der Waals surface area contributed by atoms with Gasteiger partial charge in [-0.25, -0.2) is 0 Å². The molecule has 1 aromatic carbocycles. The van der Waals surface area contributed by atoms with Gasteiger partial charge in [0.05, 0.1) is 0 Å². The summed E-state index contributed by atoms with van der Waals surface area (Å²) in [5, 5.41) is 6.12. The topological polar surface area (TPSA) is 0 Å². The Kier molecular flexibility index (Phi) is 5.37. The first-order chi connectivity index (χ1) is 9.27. The van der Waals surface area contributed by atoms with Crippen molar-refractivity contribution in [3.05, 3.63) is 70.2 Å². The smallest absolute Gasteiger partial charge is 0.0449 e. The highest BCUT2D eigenvalue weighted by Crippen LogP contribution is 2.23. The number of hydrogen-bond acceptors (Lipinski definition) is 2. The lowest BCUT2D eigenvalue weighted by Gasteiger charge is -1.95. The molecule has 96 valence electrons. The first-order valence-corrected chi connectivity index (χ1v) is 7.87. The van der Waals surface area contributed by atoms with Crippen molar-refractivity contribution in [3.8, 4) is 10.4 Å². The maximum absolute atomic E-state index is 3.07. The van der Waals surface area contributed by atoms with Crippen LogP contribution >= 0.6 is 22.7 Å². The molecule has 0 atom stereocenters. The molecule has 3 rings (SSSR count). The Hall–Kier alpha value is -1.38. The summed E-state index contributed by atoms with van der Waals surface area (Å²) in [6.45, 7) is 4.39. The summed E-state index contributed by atoms with van der Waals surface area (Å²) in [4.78, 5) is 2.70. The van der Waals surface area contributed by atoms with Gasteiger partial charge >= 0.3 is 0 Å². The van der Waals surface area contributed by atoms with Gasteiger partial charge in [-0.1, -0.05) is 44.2 Å². The van der Waals surface area contributed by atoms with E-state index in [1.807, 2.05) is 18.2 Å². The van der Waals surface area contributed by atoms with Gasteiger partial charge in [-0.05, 0) is 35.7 Å². The maximum atomic E-state index is 3.07. The Morgan fingerprint density at radius 2 is 1.53 bits per heavy atom. The van der Waals surface area contributed by atoms with Crippen molar-refractivity contribution in [2.75, 3.05) is 0 Å². The molecule has 3 aromatic rings. The third-order valence-electron chi connectivity index (χ3n) is 2.59. The molecule has 2 heteroatoms. The van der Waals surface area contributed by atoms with E-state index in [2.05, 4.69) is 61.0 Å². The molecule has 0 fully saturated rings. The lowest BCUT2D eigenvalue weighted by molar-refractivity contribution is 0.890. The van der Waals surface area contributed by atoms with Crippen molar-refractivity contribution in [2.45, 2.75) is 19.8 Å². The van der Waals surface area contributed by atoms with Crippen LogP contribution in [0.4, 0.5) is 0 Å². The van der Waals surface area contributed by atoms with Gasteiger partial charge in [0.25, 0.3) is 0 Å². The van der Waals surface area contributed by atoms with Crippen LogP contribution in [0, 0.1) is 10.8 Å². The van der Waals surface area contributed by atoms with Crippen LogP contribution < -0.4 is 0 Å². The predicted octanol–water partition coefficient (Wildman–Crippen LogP) is 5.89. The van der Waals surface area contributed by atoms with E-state index < -0.39 is 0 Å². The molecule has 0 aliphatic heterocycles. The molecular formula is C17H16S2. The first-order valence-electron chi connectivity index (χ1n) is 6.24. The second kappa shape index (κ2) is 7.27. The summed E-state index contributed by atoms with van der Waals surface area (Å²) >= 11 is 3.36. The molecule has 0 saturated carbocycles. The minimum atomic E-state index is 0.672. The molecule has 2 radical (unpaired) electrons. The van der Waals surface area contributed by atoms with Crippen LogP contribution in [0.25, 0.3) is 10.4 Å². The second-order valence-electron chi connectivity index (χ2n) is 4.39. The van der Waals surface area contributed by atoms with Crippen molar-refractivity contribution in [1.82, 2.24) is 0 Å². The fourth-order valence-electron chi connectivity index (χ4n) is 1.56. The largest absolute Gasteiger partial charge is 0.139 e. The van der Waals surface area contributed by atoms with E-state index in [1.165, 1.54) is 15.3 Å². The van der Waals surface area contributed by atoms with Crippen LogP contribution in [-0.2, 0) is 0 Å². The third-order valence-corrected chi connectivity index (χ3v) is 4.53. The monoisotopic (exact) mass is 284 g/mol. The average molecular weight is 284 g/mol. The van der Waals surface area contributed by atoms with E-state index in [0.29, 0.717) is 5.92 Å². The van der Waals surface area contributed by atoms with Gasteiger partial charge in [0.2, 0.25) is 0 Å². The summed E-state index contributed by atoms with van der Waals surface area (Å²) in [5.74, 6) is 0.672. The minimum Gasteiger partial charge on any atom is -0.139 e. The fraction of sp³-hybridized carbons (Fsp3) is 0.176. The van der Waals surface area contributed by atoms with Gasteiger partial charge in [0.1, 0.15) is 0 Å². The second-order valence-corrected chi connectivity index (χ2v) is 6.18. The number of thiophene rings is 2. The van der Waals surface area contributed by atoms with Gasteiger partial charge < -0.3 is 0 Å². The number of hydrogen-bond donors (Lipinski definition) is 0. The first kappa shape index (κ1) is 14.0. The Morgan fingerprint density at radius 1 is 0.842 bits per heavy atom. The summed E-state index contributed by atoms with van der Waals surface area (Å²) in [6, 6.07) is 18.5. The van der Waals surface area contributed by atoms with Crippen molar-refractivity contribution < 1.29 is 0 Å². The van der Waals surface area contributed by atoms with E-state index in [0.717, 1.165) is 0 Å².